The monoisotopic (exact) mass is 500 g/mol. The number of ether oxygens (including phenoxy) is 2. The number of rotatable bonds is 6. The van der Waals surface area contributed by atoms with Crippen molar-refractivity contribution < 1.29 is 23.9 Å². The molecule has 0 aliphatic carbocycles. The number of anilines is 1. The van der Waals surface area contributed by atoms with E-state index in [1.54, 1.807) is 24.3 Å². The zero-order chi connectivity index (χ0) is 23.6. The van der Waals surface area contributed by atoms with Crippen molar-refractivity contribution in [1.29, 1.82) is 0 Å². The summed E-state index contributed by atoms with van der Waals surface area (Å²) in [6.45, 7) is 9.82. The van der Waals surface area contributed by atoms with Crippen LogP contribution in [0.5, 0.6) is 11.5 Å². The Morgan fingerprint density at radius 1 is 1.06 bits per heavy atom. The number of barbiturate groups is 1. The molecule has 0 saturated carbocycles. The van der Waals surface area contributed by atoms with Crippen molar-refractivity contribution in [3.8, 4) is 11.5 Å². The van der Waals surface area contributed by atoms with E-state index in [1.165, 1.54) is 6.08 Å². The Morgan fingerprint density at radius 3 is 2.31 bits per heavy atom. The van der Waals surface area contributed by atoms with E-state index in [9.17, 15) is 14.4 Å². The van der Waals surface area contributed by atoms with Gasteiger partial charge in [0.05, 0.1) is 22.9 Å². The fraction of sp³-hybridized carbons (Fsp3) is 0.292. The van der Waals surface area contributed by atoms with Crippen LogP contribution >= 0.6 is 15.9 Å². The molecule has 2 aromatic carbocycles. The number of urea groups is 1. The average molecular weight is 501 g/mol. The van der Waals surface area contributed by atoms with Gasteiger partial charge in [0.1, 0.15) is 5.57 Å². The van der Waals surface area contributed by atoms with Gasteiger partial charge in [-0.15, -0.1) is 0 Å². The van der Waals surface area contributed by atoms with Crippen molar-refractivity contribution in [2.45, 2.75) is 40.7 Å². The Morgan fingerprint density at radius 2 is 1.72 bits per heavy atom. The molecule has 1 fully saturated rings. The molecule has 168 valence electrons. The maximum Gasteiger partial charge on any atom is 0.335 e. The number of benzene rings is 2. The second-order valence-corrected chi connectivity index (χ2v) is 8.59. The van der Waals surface area contributed by atoms with Crippen molar-refractivity contribution in [3.05, 3.63) is 57.1 Å². The summed E-state index contributed by atoms with van der Waals surface area (Å²) in [5, 5.41) is 2.25. The maximum absolute atomic E-state index is 13.2. The summed E-state index contributed by atoms with van der Waals surface area (Å²) < 4.78 is 12.2. The highest BCUT2D eigenvalue weighted by molar-refractivity contribution is 9.10. The molecule has 4 amide bonds. The van der Waals surface area contributed by atoms with Crippen LogP contribution in [-0.4, -0.2) is 30.6 Å². The standard InChI is InChI=1S/C24H25BrN2O5/c1-6-31-20-12-16(11-19(25)21(20)32-13(2)3)10-18-22(28)26-24(30)27(23(18)29)17-8-14(4)7-15(5)9-17/h7-13H,6H2,1-5H3,(H,26,28,30)/b18-10+. The number of amides is 4. The SMILES string of the molecule is CCOc1cc(/C=C2\C(=O)NC(=O)N(c3cc(C)cc(C)c3)C2=O)cc(Br)c1OC(C)C. The maximum atomic E-state index is 13.2. The molecule has 8 heteroatoms. The molecule has 0 spiro atoms. The lowest BCUT2D eigenvalue weighted by molar-refractivity contribution is -0.122. The molecule has 1 N–H and O–H groups in total. The zero-order valence-electron chi connectivity index (χ0n) is 18.6. The summed E-state index contributed by atoms with van der Waals surface area (Å²) in [5.74, 6) is -0.429. The largest absolute Gasteiger partial charge is 0.490 e. The number of nitrogens with one attached hydrogen (secondary N) is 1. The Labute approximate surface area is 195 Å². The van der Waals surface area contributed by atoms with Gasteiger partial charge in [-0.3, -0.25) is 14.9 Å². The van der Waals surface area contributed by atoms with Crippen LogP contribution in [0.3, 0.4) is 0 Å². The molecule has 3 rings (SSSR count). The van der Waals surface area contributed by atoms with Gasteiger partial charge in [-0.2, -0.15) is 0 Å². The molecule has 0 bridgehead atoms. The van der Waals surface area contributed by atoms with Gasteiger partial charge < -0.3 is 9.47 Å². The molecule has 1 aliphatic heterocycles. The van der Waals surface area contributed by atoms with Crippen molar-refractivity contribution in [3.63, 3.8) is 0 Å². The van der Waals surface area contributed by atoms with Gasteiger partial charge in [-0.1, -0.05) is 6.07 Å². The number of aryl methyl sites for hydroxylation is 2. The summed E-state index contributed by atoms with van der Waals surface area (Å²) in [6.07, 6.45) is 1.37. The lowest BCUT2D eigenvalue weighted by atomic mass is 10.0. The van der Waals surface area contributed by atoms with E-state index in [1.807, 2.05) is 40.7 Å². The summed E-state index contributed by atoms with van der Waals surface area (Å²) in [4.78, 5) is 39.2. The summed E-state index contributed by atoms with van der Waals surface area (Å²) in [6, 6.07) is 8.02. The van der Waals surface area contributed by atoms with Crippen molar-refractivity contribution in [2.24, 2.45) is 0 Å². The molecule has 2 aromatic rings. The Hall–Kier alpha value is -3.13. The van der Waals surface area contributed by atoms with Crippen LogP contribution in [0.2, 0.25) is 0 Å². The highest BCUT2D eigenvalue weighted by Crippen LogP contribution is 2.38. The van der Waals surface area contributed by atoms with E-state index in [0.29, 0.717) is 33.8 Å². The molecule has 0 aromatic heterocycles. The van der Waals surface area contributed by atoms with Crippen molar-refractivity contribution >= 4 is 45.5 Å². The second kappa shape index (κ2) is 9.56. The summed E-state index contributed by atoms with van der Waals surface area (Å²) in [5.41, 5.74) is 2.59. The molecule has 0 atom stereocenters. The lowest BCUT2D eigenvalue weighted by Crippen LogP contribution is -2.54. The predicted molar refractivity (Wildman–Crippen MR) is 126 cm³/mol. The molecule has 7 nitrogen and oxygen atoms in total. The predicted octanol–water partition coefficient (Wildman–Crippen LogP) is 4.92. The van der Waals surface area contributed by atoms with Crippen LogP contribution < -0.4 is 19.7 Å². The minimum absolute atomic E-state index is 0.0715. The quantitative estimate of drug-likeness (QED) is 0.449. The van der Waals surface area contributed by atoms with E-state index in [0.717, 1.165) is 16.0 Å². The number of carbonyl (C=O) groups excluding carboxylic acids is 3. The zero-order valence-corrected chi connectivity index (χ0v) is 20.2. The number of imide groups is 2. The Balaban J connectivity index is 2.05. The molecular formula is C24H25BrN2O5. The topological polar surface area (TPSA) is 84.9 Å². The third-order valence-corrected chi connectivity index (χ3v) is 5.15. The van der Waals surface area contributed by atoms with Gasteiger partial charge in [0.2, 0.25) is 0 Å². The lowest BCUT2D eigenvalue weighted by Gasteiger charge is -2.27. The van der Waals surface area contributed by atoms with Crippen LogP contribution in [0.25, 0.3) is 6.08 Å². The van der Waals surface area contributed by atoms with Crippen molar-refractivity contribution in [2.75, 3.05) is 11.5 Å². The first kappa shape index (κ1) is 23.5. The van der Waals surface area contributed by atoms with Gasteiger partial charge in [-0.05, 0) is 97.6 Å². The molecule has 32 heavy (non-hydrogen) atoms. The number of halogens is 1. The number of nitrogens with zero attached hydrogens (tertiary/aromatic N) is 1. The summed E-state index contributed by atoms with van der Waals surface area (Å²) in [7, 11) is 0. The highest BCUT2D eigenvalue weighted by Gasteiger charge is 2.37. The van der Waals surface area contributed by atoms with E-state index in [2.05, 4.69) is 21.2 Å². The fourth-order valence-electron chi connectivity index (χ4n) is 3.42. The Bertz CT molecular complexity index is 1100. The molecule has 0 radical (unpaired) electrons. The second-order valence-electron chi connectivity index (χ2n) is 7.73. The fourth-order valence-corrected chi connectivity index (χ4v) is 3.98. The van der Waals surface area contributed by atoms with E-state index in [4.69, 9.17) is 9.47 Å². The van der Waals surface area contributed by atoms with E-state index >= 15 is 0 Å². The number of hydrogen-bond donors (Lipinski definition) is 1. The van der Waals surface area contributed by atoms with Crippen LogP contribution in [-0.2, 0) is 9.59 Å². The summed E-state index contributed by atoms with van der Waals surface area (Å²) >= 11 is 3.48. The average Bonchev–Trinajstić information content (AvgIpc) is 2.67. The van der Waals surface area contributed by atoms with Gasteiger partial charge in [0.25, 0.3) is 11.8 Å². The van der Waals surface area contributed by atoms with Crippen LogP contribution in [0, 0.1) is 13.8 Å². The number of carbonyl (C=O) groups is 3. The highest BCUT2D eigenvalue weighted by atomic mass is 79.9. The molecule has 1 saturated heterocycles. The minimum Gasteiger partial charge on any atom is -0.490 e. The third kappa shape index (κ3) is 5.02. The van der Waals surface area contributed by atoms with Gasteiger partial charge in [-0.25, -0.2) is 9.69 Å². The first-order valence-electron chi connectivity index (χ1n) is 10.2. The van der Waals surface area contributed by atoms with E-state index in [-0.39, 0.29) is 11.7 Å². The first-order valence-corrected chi connectivity index (χ1v) is 11.0. The molecule has 1 heterocycles. The smallest absolute Gasteiger partial charge is 0.335 e. The Kier molecular flexibility index (Phi) is 7.03. The van der Waals surface area contributed by atoms with Crippen LogP contribution in [0.1, 0.15) is 37.5 Å². The van der Waals surface area contributed by atoms with Gasteiger partial charge >= 0.3 is 6.03 Å². The van der Waals surface area contributed by atoms with Crippen molar-refractivity contribution in [1.82, 2.24) is 5.32 Å². The molecule has 0 unspecified atom stereocenters. The van der Waals surface area contributed by atoms with Crippen LogP contribution in [0.15, 0.2) is 40.4 Å². The first-order chi connectivity index (χ1) is 15.1. The minimum atomic E-state index is -0.779. The van der Waals surface area contributed by atoms with Gasteiger partial charge in [0.15, 0.2) is 11.5 Å². The van der Waals surface area contributed by atoms with E-state index < -0.39 is 17.8 Å². The molecule has 1 aliphatic rings. The third-order valence-electron chi connectivity index (χ3n) is 4.56. The normalized spacial score (nSPS) is 15.4. The number of hydrogen-bond acceptors (Lipinski definition) is 5. The van der Waals surface area contributed by atoms with Crippen LogP contribution in [0.4, 0.5) is 10.5 Å². The van der Waals surface area contributed by atoms with Gasteiger partial charge in [0, 0.05) is 0 Å². The molecular weight excluding hydrogens is 476 g/mol.